The monoisotopic (exact) mass is 301 g/mol. The molecule has 0 aliphatic heterocycles. The van der Waals surface area contributed by atoms with Crippen molar-refractivity contribution in [3.8, 4) is 5.75 Å². The summed E-state index contributed by atoms with van der Waals surface area (Å²) in [6.45, 7) is 6.40. The normalized spacial score (nSPS) is 12.7. The fourth-order valence-corrected chi connectivity index (χ4v) is 2.51. The maximum atomic E-state index is 5.97. The van der Waals surface area contributed by atoms with E-state index < -0.39 is 0 Å². The summed E-state index contributed by atoms with van der Waals surface area (Å²) in [6, 6.07) is 5.86. The van der Waals surface area contributed by atoms with Gasteiger partial charge >= 0.3 is 0 Å². The van der Waals surface area contributed by atoms with E-state index in [9.17, 15) is 0 Å². The number of furan rings is 1. The van der Waals surface area contributed by atoms with Crippen LogP contribution >= 0.6 is 0 Å². The SMILES string of the molecule is COc1ccc2oc([C@@H](C)NCc3noc(C)n3)c(C)c2c1. The first kappa shape index (κ1) is 14.6. The highest BCUT2D eigenvalue weighted by Gasteiger charge is 2.17. The van der Waals surface area contributed by atoms with Gasteiger partial charge < -0.3 is 19.0 Å². The summed E-state index contributed by atoms with van der Waals surface area (Å²) < 4.78 is 16.2. The average Bonchev–Trinajstić information content (AvgIpc) is 3.08. The standard InChI is InChI=1S/C16H19N3O3/c1-9-13-7-12(20-4)5-6-14(13)21-16(9)10(2)17-8-15-18-11(3)22-19-15/h5-7,10,17H,8H2,1-4H3/t10-/m1/s1. The summed E-state index contributed by atoms with van der Waals surface area (Å²) in [6.07, 6.45) is 0. The van der Waals surface area contributed by atoms with Crippen LogP contribution in [0.1, 0.15) is 36.0 Å². The zero-order valence-corrected chi connectivity index (χ0v) is 13.1. The van der Waals surface area contributed by atoms with Gasteiger partial charge in [-0.2, -0.15) is 4.98 Å². The molecule has 0 saturated carbocycles. The van der Waals surface area contributed by atoms with Gasteiger partial charge in [0.1, 0.15) is 17.1 Å². The molecule has 0 aliphatic rings. The molecule has 0 saturated heterocycles. The average molecular weight is 301 g/mol. The third-order valence-corrected chi connectivity index (χ3v) is 3.71. The van der Waals surface area contributed by atoms with Crippen LogP contribution in [0.5, 0.6) is 5.75 Å². The fourth-order valence-electron chi connectivity index (χ4n) is 2.51. The molecule has 116 valence electrons. The minimum atomic E-state index is 0.0391. The van der Waals surface area contributed by atoms with Crippen LogP contribution in [0, 0.1) is 13.8 Å². The molecule has 0 fully saturated rings. The van der Waals surface area contributed by atoms with Crippen molar-refractivity contribution in [2.75, 3.05) is 7.11 Å². The summed E-state index contributed by atoms with van der Waals surface area (Å²) in [5, 5.41) is 8.29. The van der Waals surface area contributed by atoms with Crippen LogP contribution in [0.15, 0.2) is 27.1 Å². The van der Waals surface area contributed by atoms with Crippen molar-refractivity contribution in [1.29, 1.82) is 0 Å². The molecule has 2 heterocycles. The second kappa shape index (κ2) is 5.81. The number of methoxy groups -OCH3 is 1. The lowest BCUT2D eigenvalue weighted by atomic mass is 10.1. The third kappa shape index (κ3) is 2.69. The maximum absolute atomic E-state index is 5.97. The molecule has 22 heavy (non-hydrogen) atoms. The lowest BCUT2D eigenvalue weighted by molar-refractivity contribution is 0.381. The van der Waals surface area contributed by atoms with Crippen LogP contribution in [0.3, 0.4) is 0 Å². The van der Waals surface area contributed by atoms with Crippen molar-refractivity contribution in [2.45, 2.75) is 33.4 Å². The number of nitrogens with one attached hydrogen (secondary N) is 1. The van der Waals surface area contributed by atoms with Gasteiger partial charge in [0.05, 0.1) is 19.7 Å². The number of nitrogens with zero attached hydrogens (tertiary/aromatic N) is 2. The quantitative estimate of drug-likeness (QED) is 0.779. The number of rotatable bonds is 5. The summed E-state index contributed by atoms with van der Waals surface area (Å²) >= 11 is 0. The minimum Gasteiger partial charge on any atom is -0.497 e. The molecule has 1 atom stereocenters. The zero-order valence-electron chi connectivity index (χ0n) is 13.1. The van der Waals surface area contributed by atoms with Crippen LogP contribution in [0.4, 0.5) is 0 Å². The Morgan fingerprint density at radius 2 is 2.14 bits per heavy atom. The predicted octanol–water partition coefficient (Wildman–Crippen LogP) is 3.29. The summed E-state index contributed by atoms with van der Waals surface area (Å²) in [7, 11) is 1.66. The van der Waals surface area contributed by atoms with E-state index in [1.54, 1.807) is 14.0 Å². The molecule has 1 aromatic carbocycles. The molecule has 0 amide bonds. The van der Waals surface area contributed by atoms with Crippen molar-refractivity contribution < 1.29 is 13.7 Å². The number of hydrogen-bond donors (Lipinski definition) is 1. The van der Waals surface area contributed by atoms with E-state index in [4.69, 9.17) is 13.7 Å². The van der Waals surface area contributed by atoms with Gasteiger partial charge in [-0.15, -0.1) is 0 Å². The van der Waals surface area contributed by atoms with Crippen LogP contribution in [-0.4, -0.2) is 17.3 Å². The minimum absolute atomic E-state index is 0.0391. The van der Waals surface area contributed by atoms with Gasteiger partial charge in [0.25, 0.3) is 0 Å². The second-order valence-electron chi connectivity index (χ2n) is 5.29. The van der Waals surface area contributed by atoms with Crippen molar-refractivity contribution in [2.24, 2.45) is 0 Å². The summed E-state index contributed by atoms with van der Waals surface area (Å²) in [4.78, 5) is 4.18. The van der Waals surface area contributed by atoms with E-state index in [1.165, 1.54) is 0 Å². The van der Waals surface area contributed by atoms with E-state index >= 15 is 0 Å². The zero-order chi connectivity index (χ0) is 15.7. The lowest BCUT2D eigenvalue weighted by Gasteiger charge is -2.10. The van der Waals surface area contributed by atoms with Gasteiger partial charge in [0.15, 0.2) is 5.82 Å². The maximum Gasteiger partial charge on any atom is 0.223 e. The molecule has 0 radical (unpaired) electrons. The number of aromatic nitrogens is 2. The molecule has 3 aromatic rings. The number of benzene rings is 1. The molecule has 1 N–H and O–H groups in total. The fraction of sp³-hybridized carbons (Fsp3) is 0.375. The van der Waals surface area contributed by atoms with Gasteiger partial charge in [0, 0.05) is 17.9 Å². The Hall–Kier alpha value is -2.34. The van der Waals surface area contributed by atoms with Crippen molar-refractivity contribution in [3.05, 3.63) is 41.2 Å². The molecule has 3 rings (SSSR count). The van der Waals surface area contributed by atoms with Crippen molar-refractivity contribution in [1.82, 2.24) is 15.5 Å². The van der Waals surface area contributed by atoms with E-state index in [0.717, 1.165) is 28.0 Å². The Morgan fingerprint density at radius 1 is 1.32 bits per heavy atom. The Kier molecular flexibility index (Phi) is 3.85. The van der Waals surface area contributed by atoms with E-state index in [1.807, 2.05) is 18.2 Å². The number of ether oxygens (including phenoxy) is 1. The van der Waals surface area contributed by atoms with Crippen molar-refractivity contribution >= 4 is 11.0 Å². The number of aryl methyl sites for hydroxylation is 2. The highest BCUT2D eigenvalue weighted by atomic mass is 16.5. The largest absolute Gasteiger partial charge is 0.497 e. The smallest absolute Gasteiger partial charge is 0.223 e. The lowest BCUT2D eigenvalue weighted by Crippen LogP contribution is -2.19. The van der Waals surface area contributed by atoms with Crippen LogP contribution in [0.25, 0.3) is 11.0 Å². The first-order chi connectivity index (χ1) is 10.6. The Labute approximate surface area is 128 Å². The second-order valence-corrected chi connectivity index (χ2v) is 5.29. The van der Waals surface area contributed by atoms with Gasteiger partial charge in [-0.25, -0.2) is 0 Å². The summed E-state index contributed by atoms with van der Waals surface area (Å²) in [5.74, 6) is 2.94. The Balaban J connectivity index is 1.81. The van der Waals surface area contributed by atoms with Gasteiger partial charge in [-0.1, -0.05) is 5.16 Å². The first-order valence-corrected chi connectivity index (χ1v) is 7.18. The molecule has 6 heteroatoms. The van der Waals surface area contributed by atoms with E-state index in [2.05, 4.69) is 29.3 Å². The van der Waals surface area contributed by atoms with Gasteiger partial charge in [-0.3, -0.25) is 0 Å². The number of hydrogen-bond acceptors (Lipinski definition) is 6. The number of fused-ring (bicyclic) bond motifs is 1. The Morgan fingerprint density at radius 3 is 2.82 bits per heavy atom. The van der Waals surface area contributed by atoms with Gasteiger partial charge in [-0.05, 0) is 32.0 Å². The Bertz CT molecular complexity index is 791. The molecule has 0 unspecified atom stereocenters. The molecule has 0 spiro atoms. The topological polar surface area (TPSA) is 73.3 Å². The van der Waals surface area contributed by atoms with E-state index in [-0.39, 0.29) is 6.04 Å². The van der Waals surface area contributed by atoms with Gasteiger partial charge in [0.2, 0.25) is 5.89 Å². The van der Waals surface area contributed by atoms with Crippen LogP contribution in [-0.2, 0) is 6.54 Å². The highest BCUT2D eigenvalue weighted by Crippen LogP contribution is 2.31. The van der Waals surface area contributed by atoms with Crippen LogP contribution < -0.4 is 10.1 Å². The predicted molar refractivity (Wildman–Crippen MR) is 81.8 cm³/mol. The molecule has 6 nitrogen and oxygen atoms in total. The highest BCUT2D eigenvalue weighted by molar-refractivity contribution is 5.83. The molecular weight excluding hydrogens is 282 g/mol. The summed E-state index contributed by atoms with van der Waals surface area (Å²) in [5.41, 5.74) is 1.97. The van der Waals surface area contributed by atoms with Crippen molar-refractivity contribution in [3.63, 3.8) is 0 Å². The molecular formula is C16H19N3O3. The molecule has 0 bridgehead atoms. The molecule has 2 aromatic heterocycles. The molecule has 0 aliphatic carbocycles. The van der Waals surface area contributed by atoms with Crippen LogP contribution in [0.2, 0.25) is 0 Å². The first-order valence-electron chi connectivity index (χ1n) is 7.18. The van der Waals surface area contributed by atoms with E-state index in [0.29, 0.717) is 18.3 Å². The third-order valence-electron chi connectivity index (χ3n) is 3.71.